The monoisotopic (exact) mass is 233 g/mol. The quantitative estimate of drug-likeness (QED) is 0.783. The number of ether oxygens (including phenoxy) is 1. The van der Waals surface area contributed by atoms with Gasteiger partial charge in [0.25, 0.3) is 0 Å². The number of amides is 1. The molecule has 0 aromatic heterocycles. The Morgan fingerprint density at radius 2 is 2.12 bits per heavy atom. The number of likely N-dealkylation sites (tertiary alicyclic amines) is 1. The Bertz CT molecular complexity index is 364. The molecule has 0 bridgehead atoms. The Kier molecular flexibility index (Phi) is 4.02. The maximum atomic E-state index is 11.9. The molecule has 2 rings (SSSR count). The number of hydrogen-bond acceptors (Lipinski definition) is 2. The molecule has 1 amide bonds. The lowest BCUT2D eigenvalue weighted by Crippen LogP contribution is -2.38. The standard InChI is InChI=1S/C14H19NO2/c1-2-17-14(16)15-11-7-6-10-13(15)12-8-4-3-5-9-12/h3-5,8-9,13H,2,6-7,10-11H2,1H3. The van der Waals surface area contributed by atoms with E-state index in [-0.39, 0.29) is 12.1 Å². The van der Waals surface area contributed by atoms with E-state index in [1.165, 1.54) is 12.0 Å². The van der Waals surface area contributed by atoms with Gasteiger partial charge in [-0.2, -0.15) is 0 Å². The van der Waals surface area contributed by atoms with E-state index in [1.54, 1.807) is 0 Å². The number of rotatable bonds is 2. The van der Waals surface area contributed by atoms with Crippen LogP contribution in [0.1, 0.15) is 37.8 Å². The molecule has 1 fully saturated rings. The van der Waals surface area contributed by atoms with Crippen LogP contribution in [-0.4, -0.2) is 24.1 Å². The molecule has 1 aromatic carbocycles. The summed E-state index contributed by atoms with van der Waals surface area (Å²) >= 11 is 0. The largest absolute Gasteiger partial charge is 0.450 e. The van der Waals surface area contributed by atoms with E-state index in [9.17, 15) is 4.79 Å². The SMILES string of the molecule is CCOC(=O)N1CCCCC1c1ccccc1. The van der Waals surface area contributed by atoms with Gasteiger partial charge < -0.3 is 9.64 Å². The lowest BCUT2D eigenvalue weighted by atomic mass is 9.96. The van der Waals surface area contributed by atoms with Crippen molar-refractivity contribution in [3.63, 3.8) is 0 Å². The first-order valence-corrected chi connectivity index (χ1v) is 6.31. The Hall–Kier alpha value is -1.51. The molecule has 1 aromatic rings. The molecule has 1 saturated heterocycles. The number of benzene rings is 1. The zero-order chi connectivity index (χ0) is 12.1. The van der Waals surface area contributed by atoms with Crippen molar-refractivity contribution in [2.24, 2.45) is 0 Å². The van der Waals surface area contributed by atoms with Gasteiger partial charge >= 0.3 is 6.09 Å². The van der Waals surface area contributed by atoms with Crippen LogP contribution in [0.2, 0.25) is 0 Å². The molecule has 92 valence electrons. The van der Waals surface area contributed by atoms with Gasteiger partial charge in [-0.15, -0.1) is 0 Å². The van der Waals surface area contributed by atoms with Gasteiger partial charge in [-0.1, -0.05) is 30.3 Å². The predicted octanol–water partition coefficient (Wildman–Crippen LogP) is 3.37. The summed E-state index contributed by atoms with van der Waals surface area (Å²) in [6.45, 7) is 3.09. The Balaban J connectivity index is 2.15. The fourth-order valence-corrected chi connectivity index (χ4v) is 2.38. The molecule has 0 N–H and O–H groups in total. The summed E-state index contributed by atoms with van der Waals surface area (Å²) in [6, 6.07) is 10.4. The van der Waals surface area contributed by atoms with Crippen LogP contribution >= 0.6 is 0 Å². The summed E-state index contributed by atoms with van der Waals surface area (Å²) in [5.74, 6) is 0. The number of piperidine rings is 1. The molecule has 1 unspecified atom stereocenters. The fourth-order valence-electron chi connectivity index (χ4n) is 2.38. The van der Waals surface area contributed by atoms with E-state index >= 15 is 0 Å². The topological polar surface area (TPSA) is 29.5 Å². The van der Waals surface area contributed by atoms with Gasteiger partial charge in [-0.05, 0) is 31.7 Å². The minimum Gasteiger partial charge on any atom is -0.450 e. The van der Waals surface area contributed by atoms with Gasteiger partial charge in [0.2, 0.25) is 0 Å². The molecular formula is C14H19NO2. The van der Waals surface area contributed by atoms with Gasteiger partial charge in [-0.3, -0.25) is 0 Å². The highest BCUT2D eigenvalue weighted by molar-refractivity contribution is 5.68. The zero-order valence-electron chi connectivity index (χ0n) is 10.3. The second-order valence-corrected chi connectivity index (χ2v) is 4.31. The van der Waals surface area contributed by atoms with Crippen molar-refractivity contribution in [3.05, 3.63) is 35.9 Å². The predicted molar refractivity (Wildman–Crippen MR) is 66.8 cm³/mol. The first-order valence-electron chi connectivity index (χ1n) is 6.31. The Morgan fingerprint density at radius 3 is 2.82 bits per heavy atom. The van der Waals surface area contributed by atoms with Crippen molar-refractivity contribution in [1.29, 1.82) is 0 Å². The molecule has 1 heterocycles. The summed E-state index contributed by atoms with van der Waals surface area (Å²) in [5.41, 5.74) is 1.21. The fraction of sp³-hybridized carbons (Fsp3) is 0.500. The minimum atomic E-state index is -0.180. The highest BCUT2D eigenvalue weighted by atomic mass is 16.6. The summed E-state index contributed by atoms with van der Waals surface area (Å²) in [7, 11) is 0. The van der Waals surface area contributed by atoms with Crippen LogP contribution in [0, 0.1) is 0 Å². The van der Waals surface area contributed by atoms with Gasteiger partial charge in [0.15, 0.2) is 0 Å². The van der Waals surface area contributed by atoms with E-state index in [0.29, 0.717) is 6.61 Å². The molecule has 0 radical (unpaired) electrons. The average Bonchev–Trinajstić information content (AvgIpc) is 2.40. The third-order valence-electron chi connectivity index (χ3n) is 3.19. The minimum absolute atomic E-state index is 0.180. The Morgan fingerprint density at radius 1 is 1.35 bits per heavy atom. The molecule has 3 nitrogen and oxygen atoms in total. The van der Waals surface area contributed by atoms with E-state index < -0.39 is 0 Å². The van der Waals surface area contributed by atoms with Crippen molar-refractivity contribution in [2.45, 2.75) is 32.2 Å². The molecule has 0 saturated carbocycles. The first kappa shape index (κ1) is 12.0. The van der Waals surface area contributed by atoms with Crippen LogP contribution in [0.25, 0.3) is 0 Å². The van der Waals surface area contributed by atoms with E-state index in [4.69, 9.17) is 4.74 Å². The molecule has 1 atom stereocenters. The molecule has 0 spiro atoms. The van der Waals surface area contributed by atoms with E-state index in [0.717, 1.165) is 19.4 Å². The van der Waals surface area contributed by atoms with Crippen LogP contribution in [0.5, 0.6) is 0 Å². The summed E-state index contributed by atoms with van der Waals surface area (Å²) < 4.78 is 5.12. The average molecular weight is 233 g/mol. The third kappa shape index (κ3) is 2.78. The molecular weight excluding hydrogens is 214 g/mol. The lowest BCUT2D eigenvalue weighted by Gasteiger charge is -2.35. The highest BCUT2D eigenvalue weighted by Gasteiger charge is 2.28. The van der Waals surface area contributed by atoms with Crippen molar-refractivity contribution in [2.75, 3.05) is 13.2 Å². The number of nitrogens with zero attached hydrogens (tertiary/aromatic N) is 1. The van der Waals surface area contributed by atoms with E-state index in [2.05, 4.69) is 12.1 Å². The molecule has 3 heteroatoms. The molecule has 1 aliphatic heterocycles. The third-order valence-corrected chi connectivity index (χ3v) is 3.19. The van der Waals surface area contributed by atoms with Crippen LogP contribution in [-0.2, 0) is 4.74 Å². The van der Waals surface area contributed by atoms with E-state index in [1.807, 2.05) is 30.0 Å². The van der Waals surface area contributed by atoms with Gasteiger partial charge in [0.1, 0.15) is 0 Å². The number of carbonyl (C=O) groups is 1. The second kappa shape index (κ2) is 5.71. The number of hydrogen-bond donors (Lipinski definition) is 0. The normalized spacial score (nSPS) is 20.1. The van der Waals surface area contributed by atoms with Crippen molar-refractivity contribution < 1.29 is 9.53 Å². The smallest absolute Gasteiger partial charge is 0.410 e. The first-order chi connectivity index (χ1) is 8.33. The van der Waals surface area contributed by atoms with Crippen molar-refractivity contribution in [3.8, 4) is 0 Å². The maximum absolute atomic E-state index is 11.9. The van der Waals surface area contributed by atoms with Crippen LogP contribution in [0.3, 0.4) is 0 Å². The number of carbonyl (C=O) groups excluding carboxylic acids is 1. The van der Waals surface area contributed by atoms with Crippen LogP contribution in [0.15, 0.2) is 30.3 Å². The van der Waals surface area contributed by atoms with Gasteiger partial charge in [0.05, 0.1) is 12.6 Å². The second-order valence-electron chi connectivity index (χ2n) is 4.31. The molecule has 17 heavy (non-hydrogen) atoms. The maximum Gasteiger partial charge on any atom is 0.410 e. The van der Waals surface area contributed by atoms with Crippen molar-refractivity contribution >= 4 is 6.09 Å². The highest BCUT2D eigenvalue weighted by Crippen LogP contribution is 2.31. The van der Waals surface area contributed by atoms with Crippen molar-refractivity contribution in [1.82, 2.24) is 4.90 Å². The summed E-state index contributed by atoms with van der Waals surface area (Å²) in [6.07, 6.45) is 3.10. The van der Waals surface area contributed by atoms with Crippen LogP contribution in [0.4, 0.5) is 4.79 Å². The lowest BCUT2D eigenvalue weighted by molar-refractivity contribution is 0.0766. The molecule has 0 aliphatic carbocycles. The zero-order valence-corrected chi connectivity index (χ0v) is 10.3. The summed E-state index contributed by atoms with van der Waals surface area (Å²) in [5, 5.41) is 0. The molecule has 1 aliphatic rings. The van der Waals surface area contributed by atoms with Crippen LogP contribution < -0.4 is 0 Å². The summed E-state index contributed by atoms with van der Waals surface area (Å²) in [4.78, 5) is 13.7. The Labute approximate surface area is 102 Å². The van der Waals surface area contributed by atoms with Gasteiger partial charge in [-0.25, -0.2) is 4.79 Å². The van der Waals surface area contributed by atoms with Gasteiger partial charge in [0, 0.05) is 6.54 Å².